The molecule has 0 bridgehead atoms. The van der Waals surface area contributed by atoms with Gasteiger partial charge in [-0.05, 0) is 65.8 Å². The average molecular weight is 435 g/mol. The van der Waals surface area contributed by atoms with Gasteiger partial charge in [-0.1, -0.05) is 19.8 Å². The fourth-order valence-corrected chi connectivity index (χ4v) is 4.56. The van der Waals surface area contributed by atoms with E-state index in [1.165, 1.54) is 43.4 Å². The Kier molecular flexibility index (Phi) is 8.39. The van der Waals surface area contributed by atoms with Crippen LogP contribution >= 0.6 is 0 Å². The van der Waals surface area contributed by atoms with Crippen LogP contribution < -0.4 is 5.32 Å². The van der Waals surface area contributed by atoms with E-state index in [-0.39, 0.29) is 12.3 Å². The molecule has 1 N–H and O–H groups in total. The van der Waals surface area contributed by atoms with Gasteiger partial charge in [-0.2, -0.15) is 5.10 Å². The van der Waals surface area contributed by atoms with Crippen LogP contribution in [-0.4, -0.2) is 53.1 Å². The molecule has 1 atom stereocenters. The first-order valence-electron chi connectivity index (χ1n) is 12.1. The van der Waals surface area contributed by atoms with E-state index in [9.17, 15) is 4.79 Å². The first-order valence-corrected chi connectivity index (χ1v) is 12.1. The molecule has 0 spiro atoms. The normalized spacial score (nSPS) is 24.9. The predicted molar refractivity (Wildman–Crippen MR) is 122 cm³/mol. The van der Waals surface area contributed by atoms with Gasteiger partial charge in [0, 0.05) is 43.9 Å². The highest BCUT2D eigenvalue weighted by Gasteiger charge is 2.27. The summed E-state index contributed by atoms with van der Waals surface area (Å²) in [5.74, 6) is 1.37. The molecule has 2 aliphatic rings. The van der Waals surface area contributed by atoms with Crippen LogP contribution in [0.15, 0.2) is 6.20 Å². The lowest BCUT2D eigenvalue weighted by atomic mass is 9.80. The zero-order valence-electron chi connectivity index (χ0n) is 20.2. The molecule has 31 heavy (non-hydrogen) atoms. The predicted octanol–water partition coefficient (Wildman–Crippen LogP) is 4.83. The van der Waals surface area contributed by atoms with Crippen LogP contribution in [-0.2, 0) is 16.0 Å². The maximum absolute atomic E-state index is 11.9. The molecular formula is C24H42N4O3. The van der Waals surface area contributed by atoms with Crippen molar-refractivity contribution in [3.05, 3.63) is 17.5 Å². The molecule has 1 aromatic rings. The van der Waals surface area contributed by atoms with Crippen LogP contribution in [0.3, 0.4) is 0 Å². The minimum atomic E-state index is -0.474. The van der Waals surface area contributed by atoms with Gasteiger partial charge >= 0.3 is 6.09 Å². The Morgan fingerprint density at radius 1 is 1.26 bits per heavy atom. The molecule has 1 aliphatic carbocycles. The molecular weight excluding hydrogens is 392 g/mol. The van der Waals surface area contributed by atoms with Gasteiger partial charge in [0.1, 0.15) is 11.8 Å². The molecule has 1 unspecified atom stereocenters. The van der Waals surface area contributed by atoms with Crippen LogP contribution in [0.2, 0.25) is 0 Å². The minimum absolute atomic E-state index is 0.0721. The summed E-state index contributed by atoms with van der Waals surface area (Å²) in [6.45, 7) is 10.9. The first-order chi connectivity index (χ1) is 14.7. The average Bonchev–Trinajstić information content (AvgIpc) is 3.11. The fourth-order valence-electron chi connectivity index (χ4n) is 4.56. The van der Waals surface area contributed by atoms with E-state index in [1.54, 1.807) is 0 Å². The Bertz CT molecular complexity index is 698. The molecule has 0 aromatic carbocycles. The number of nitrogens with zero attached hydrogens (tertiary/aromatic N) is 3. The summed E-state index contributed by atoms with van der Waals surface area (Å²) in [7, 11) is 2.10. The van der Waals surface area contributed by atoms with Gasteiger partial charge in [-0.25, -0.2) is 9.48 Å². The van der Waals surface area contributed by atoms with Crippen LogP contribution in [0.1, 0.15) is 96.0 Å². The molecule has 0 radical (unpaired) electrons. The summed E-state index contributed by atoms with van der Waals surface area (Å²) in [5.41, 5.74) is 2.08. The number of hydrogen-bond acceptors (Lipinski definition) is 5. The largest absolute Gasteiger partial charge is 0.444 e. The van der Waals surface area contributed by atoms with E-state index in [0.717, 1.165) is 38.5 Å². The van der Waals surface area contributed by atoms with Crippen molar-refractivity contribution in [1.82, 2.24) is 20.0 Å². The topological polar surface area (TPSA) is 68.6 Å². The number of ether oxygens (including phenoxy) is 2. The molecule has 2 heterocycles. The van der Waals surface area contributed by atoms with Gasteiger partial charge in [-0.3, -0.25) is 0 Å². The van der Waals surface area contributed by atoms with Crippen LogP contribution in [0, 0.1) is 5.92 Å². The third kappa shape index (κ3) is 7.49. The lowest BCUT2D eigenvalue weighted by Gasteiger charge is -2.26. The number of nitrogens with one attached hydrogen (secondary N) is 1. The standard InChI is InChI=1S/C24H42N4O3/c1-18-9-11-19(12-10-18)22-20(17-28(26-22)21-8-6-7-15-30-21)16-27(5)14-13-25-23(29)31-24(2,3)4/h17-19,21H,6-16H2,1-5H3,(H,25,29). The monoisotopic (exact) mass is 434 g/mol. The second-order valence-electron chi connectivity index (χ2n) is 10.5. The van der Waals surface area contributed by atoms with Crippen molar-refractivity contribution in [2.24, 2.45) is 5.92 Å². The molecule has 3 rings (SSSR count). The number of aromatic nitrogens is 2. The minimum Gasteiger partial charge on any atom is -0.444 e. The van der Waals surface area contributed by atoms with Gasteiger partial charge < -0.3 is 19.7 Å². The lowest BCUT2D eigenvalue weighted by molar-refractivity contribution is -0.0398. The molecule has 2 fully saturated rings. The van der Waals surface area contributed by atoms with Crippen molar-refractivity contribution < 1.29 is 14.3 Å². The van der Waals surface area contributed by atoms with E-state index in [1.807, 2.05) is 20.8 Å². The highest BCUT2D eigenvalue weighted by atomic mass is 16.6. The third-order valence-corrected chi connectivity index (χ3v) is 6.30. The zero-order chi connectivity index (χ0) is 22.4. The maximum atomic E-state index is 11.9. The summed E-state index contributed by atoms with van der Waals surface area (Å²) in [6.07, 6.45) is 10.3. The Morgan fingerprint density at radius 3 is 2.65 bits per heavy atom. The molecule has 1 saturated carbocycles. The number of likely N-dealkylation sites (N-methyl/N-ethyl adjacent to an activating group) is 1. The van der Waals surface area contributed by atoms with Gasteiger partial charge in [-0.15, -0.1) is 0 Å². The molecule has 7 heteroatoms. The van der Waals surface area contributed by atoms with Gasteiger partial charge in [0.2, 0.25) is 0 Å². The number of amides is 1. The van der Waals surface area contributed by atoms with E-state index in [0.29, 0.717) is 12.5 Å². The Hall–Kier alpha value is -1.60. The number of carbonyl (C=O) groups is 1. The van der Waals surface area contributed by atoms with Gasteiger partial charge in [0.25, 0.3) is 0 Å². The summed E-state index contributed by atoms with van der Waals surface area (Å²) in [6, 6.07) is 0. The Labute approximate surface area is 187 Å². The van der Waals surface area contributed by atoms with Crippen molar-refractivity contribution in [1.29, 1.82) is 0 Å². The van der Waals surface area contributed by atoms with Crippen LogP contribution in [0.4, 0.5) is 4.79 Å². The molecule has 1 saturated heterocycles. The first kappa shape index (κ1) is 24.1. The zero-order valence-corrected chi connectivity index (χ0v) is 20.2. The van der Waals surface area contributed by atoms with Gasteiger partial charge in [0.05, 0.1) is 5.69 Å². The number of carbonyl (C=O) groups excluding carboxylic acids is 1. The maximum Gasteiger partial charge on any atom is 0.407 e. The van der Waals surface area contributed by atoms with E-state index in [2.05, 4.69) is 35.1 Å². The molecule has 7 nitrogen and oxygen atoms in total. The highest BCUT2D eigenvalue weighted by Crippen LogP contribution is 2.37. The SMILES string of the molecule is CC1CCC(c2nn(C3CCCCO3)cc2CN(C)CCNC(=O)OC(C)(C)C)CC1. The van der Waals surface area contributed by atoms with Crippen molar-refractivity contribution >= 4 is 6.09 Å². The second-order valence-corrected chi connectivity index (χ2v) is 10.5. The van der Waals surface area contributed by atoms with Crippen molar-refractivity contribution in [3.8, 4) is 0 Å². The van der Waals surface area contributed by atoms with Crippen molar-refractivity contribution in [3.63, 3.8) is 0 Å². The third-order valence-electron chi connectivity index (χ3n) is 6.30. The number of rotatable bonds is 7. The Morgan fingerprint density at radius 2 is 2.00 bits per heavy atom. The summed E-state index contributed by atoms with van der Waals surface area (Å²) < 4.78 is 13.4. The van der Waals surface area contributed by atoms with Crippen molar-refractivity contribution in [2.75, 3.05) is 26.7 Å². The quantitative estimate of drug-likeness (QED) is 0.665. The highest BCUT2D eigenvalue weighted by molar-refractivity contribution is 5.67. The molecule has 1 aromatic heterocycles. The molecule has 1 amide bonds. The van der Waals surface area contributed by atoms with E-state index < -0.39 is 5.60 Å². The van der Waals surface area contributed by atoms with Crippen LogP contribution in [0.25, 0.3) is 0 Å². The summed E-state index contributed by atoms with van der Waals surface area (Å²) >= 11 is 0. The lowest BCUT2D eigenvalue weighted by Crippen LogP contribution is -2.36. The van der Waals surface area contributed by atoms with Gasteiger partial charge in [0.15, 0.2) is 0 Å². The van der Waals surface area contributed by atoms with E-state index >= 15 is 0 Å². The van der Waals surface area contributed by atoms with Crippen LogP contribution in [0.5, 0.6) is 0 Å². The summed E-state index contributed by atoms with van der Waals surface area (Å²) in [4.78, 5) is 14.1. The van der Waals surface area contributed by atoms with E-state index in [4.69, 9.17) is 14.6 Å². The molecule has 176 valence electrons. The van der Waals surface area contributed by atoms with Crippen molar-refractivity contribution in [2.45, 2.75) is 96.9 Å². The fraction of sp³-hybridized carbons (Fsp3) is 0.833. The number of alkyl carbamates (subject to hydrolysis) is 1. The summed E-state index contributed by atoms with van der Waals surface area (Å²) in [5, 5.41) is 7.91. The molecule has 1 aliphatic heterocycles. The second kappa shape index (κ2) is 10.8. The smallest absolute Gasteiger partial charge is 0.407 e. The number of hydrogen-bond donors (Lipinski definition) is 1. The Balaban J connectivity index is 1.61.